The molecule has 0 fully saturated rings. The van der Waals surface area contributed by atoms with Crippen molar-refractivity contribution in [2.45, 2.75) is 44.9 Å². The van der Waals surface area contributed by atoms with E-state index in [-0.39, 0.29) is 11.6 Å². The molecule has 3 atom stereocenters. The second-order valence-corrected chi connectivity index (χ2v) is 7.12. The van der Waals surface area contributed by atoms with Gasteiger partial charge < -0.3 is 20.5 Å². The lowest BCUT2D eigenvalue weighted by Gasteiger charge is -2.29. The predicted octanol–water partition coefficient (Wildman–Crippen LogP) is 0.152. The summed E-state index contributed by atoms with van der Waals surface area (Å²) in [6, 6.07) is 8.68. The van der Waals surface area contributed by atoms with E-state index in [2.05, 4.69) is 20.6 Å². The molecule has 1 heterocycles. The summed E-state index contributed by atoms with van der Waals surface area (Å²) in [4.78, 5) is 20.3. The molecule has 0 aliphatic heterocycles. The van der Waals surface area contributed by atoms with Crippen molar-refractivity contribution in [3.05, 3.63) is 60.2 Å². The van der Waals surface area contributed by atoms with Crippen molar-refractivity contribution in [2.24, 2.45) is 5.92 Å². The van der Waals surface area contributed by atoms with Crippen LogP contribution in [0.2, 0.25) is 0 Å². The number of aromatic nitrogens is 2. The SMILES string of the molecule is CC(C)C[C@H](NC(O)[C@@H](Cc1ccccc1)NC(=O)c1cnccn1)B(O)O. The Morgan fingerprint density at radius 2 is 1.89 bits per heavy atom. The van der Waals surface area contributed by atoms with Crippen LogP contribution < -0.4 is 10.6 Å². The van der Waals surface area contributed by atoms with Gasteiger partial charge in [-0.3, -0.25) is 15.1 Å². The van der Waals surface area contributed by atoms with Crippen LogP contribution in [0, 0.1) is 5.92 Å². The van der Waals surface area contributed by atoms with Crippen LogP contribution in [0.1, 0.15) is 36.3 Å². The van der Waals surface area contributed by atoms with Gasteiger partial charge in [0.2, 0.25) is 0 Å². The zero-order chi connectivity index (χ0) is 20.5. The molecule has 150 valence electrons. The van der Waals surface area contributed by atoms with Crippen LogP contribution in [0.15, 0.2) is 48.9 Å². The van der Waals surface area contributed by atoms with E-state index in [1.807, 2.05) is 44.2 Å². The molecule has 0 saturated heterocycles. The van der Waals surface area contributed by atoms with Gasteiger partial charge >= 0.3 is 7.12 Å². The molecule has 1 aromatic heterocycles. The van der Waals surface area contributed by atoms with E-state index in [0.717, 1.165) is 5.56 Å². The first-order chi connectivity index (χ1) is 13.4. The van der Waals surface area contributed by atoms with Gasteiger partial charge in [-0.2, -0.15) is 0 Å². The number of rotatable bonds is 10. The molecule has 0 saturated carbocycles. The lowest BCUT2D eigenvalue weighted by Crippen LogP contribution is -2.57. The number of benzene rings is 1. The van der Waals surface area contributed by atoms with Crippen molar-refractivity contribution in [3.63, 3.8) is 0 Å². The molecule has 1 aromatic carbocycles. The number of carbonyl (C=O) groups excluding carboxylic acids is 1. The number of hydrogen-bond donors (Lipinski definition) is 5. The monoisotopic (exact) mass is 386 g/mol. The second-order valence-electron chi connectivity index (χ2n) is 7.12. The predicted molar refractivity (Wildman–Crippen MR) is 106 cm³/mol. The van der Waals surface area contributed by atoms with E-state index < -0.39 is 31.2 Å². The molecule has 8 nitrogen and oxygen atoms in total. The molecule has 9 heteroatoms. The van der Waals surface area contributed by atoms with Crippen LogP contribution in [-0.4, -0.2) is 56.4 Å². The third-order valence-corrected chi connectivity index (χ3v) is 4.26. The van der Waals surface area contributed by atoms with Crippen molar-refractivity contribution in [1.82, 2.24) is 20.6 Å². The molecule has 28 heavy (non-hydrogen) atoms. The minimum Gasteiger partial charge on any atom is -0.426 e. The fraction of sp³-hybridized carbons (Fsp3) is 0.421. The van der Waals surface area contributed by atoms with Gasteiger partial charge in [-0.15, -0.1) is 0 Å². The van der Waals surface area contributed by atoms with Crippen LogP contribution in [-0.2, 0) is 6.42 Å². The van der Waals surface area contributed by atoms with Gasteiger partial charge in [-0.25, -0.2) is 4.98 Å². The molecule has 0 aliphatic rings. The Morgan fingerprint density at radius 1 is 1.18 bits per heavy atom. The molecule has 2 aromatic rings. The summed E-state index contributed by atoms with van der Waals surface area (Å²) in [5, 5.41) is 35.5. The molecule has 0 bridgehead atoms. The molecule has 0 radical (unpaired) electrons. The zero-order valence-electron chi connectivity index (χ0n) is 16.1. The van der Waals surface area contributed by atoms with Crippen molar-refractivity contribution < 1.29 is 19.9 Å². The molecule has 0 spiro atoms. The first-order valence-electron chi connectivity index (χ1n) is 9.28. The van der Waals surface area contributed by atoms with Gasteiger partial charge in [0.25, 0.3) is 5.91 Å². The van der Waals surface area contributed by atoms with Gasteiger partial charge in [0.15, 0.2) is 0 Å². The van der Waals surface area contributed by atoms with Gasteiger partial charge in [0.05, 0.1) is 12.2 Å². The summed E-state index contributed by atoms with van der Waals surface area (Å²) in [6.45, 7) is 3.89. The Kier molecular flexibility index (Phi) is 8.53. The van der Waals surface area contributed by atoms with Crippen LogP contribution in [0.3, 0.4) is 0 Å². The molecule has 1 unspecified atom stereocenters. The average molecular weight is 386 g/mol. The van der Waals surface area contributed by atoms with Gasteiger partial charge in [0, 0.05) is 18.3 Å². The quantitative estimate of drug-likeness (QED) is 0.291. The van der Waals surface area contributed by atoms with Crippen LogP contribution in [0.4, 0.5) is 0 Å². The lowest BCUT2D eigenvalue weighted by molar-refractivity contribution is 0.0683. The Balaban J connectivity index is 2.15. The number of aliphatic hydroxyl groups is 1. The van der Waals surface area contributed by atoms with E-state index in [4.69, 9.17) is 0 Å². The number of nitrogens with zero attached hydrogens (tertiary/aromatic N) is 2. The van der Waals surface area contributed by atoms with Crippen molar-refractivity contribution >= 4 is 13.0 Å². The maximum Gasteiger partial charge on any atom is 0.469 e. The number of amides is 1. The minimum absolute atomic E-state index is 0.133. The molecule has 0 aliphatic carbocycles. The van der Waals surface area contributed by atoms with E-state index in [0.29, 0.717) is 12.8 Å². The lowest BCUT2D eigenvalue weighted by atomic mass is 9.75. The van der Waals surface area contributed by atoms with Crippen LogP contribution >= 0.6 is 0 Å². The van der Waals surface area contributed by atoms with Crippen LogP contribution in [0.25, 0.3) is 0 Å². The number of carbonyl (C=O) groups is 1. The Labute approximate surface area is 165 Å². The van der Waals surface area contributed by atoms with E-state index >= 15 is 0 Å². The number of nitrogens with one attached hydrogen (secondary N) is 2. The summed E-state index contributed by atoms with van der Waals surface area (Å²) >= 11 is 0. The third-order valence-electron chi connectivity index (χ3n) is 4.26. The Hall–Kier alpha value is -2.33. The minimum atomic E-state index is -1.63. The molecule has 5 N–H and O–H groups in total. The topological polar surface area (TPSA) is 128 Å². The normalized spacial score (nSPS) is 14.4. The Morgan fingerprint density at radius 3 is 2.46 bits per heavy atom. The summed E-state index contributed by atoms with van der Waals surface area (Å²) in [5.74, 6) is -1.02. The van der Waals surface area contributed by atoms with E-state index in [1.165, 1.54) is 18.6 Å². The summed E-state index contributed by atoms with van der Waals surface area (Å²) in [7, 11) is -1.63. The maximum absolute atomic E-state index is 12.5. The van der Waals surface area contributed by atoms with Gasteiger partial charge in [-0.1, -0.05) is 44.2 Å². The number of aliphatic hydroxyl groups excluding tert-OH is 1. The molecule has 1 amide bonds. The van der Waals surface area contributed by atoms with Crippen LogP contribution in [0.5, 0.6) is 0 Å². The average Bonchev–Trinajstić information content (AvgIpc) is 2.68. The Bertz CT molecular complexity index is 718. The summed E-state index contributed by atoms with van der Waals surface area (Å²) in [5.41, 5.74) is 1.05. The molecular weight excluding hydrogens is 359 g/mol. The smallest absolute Gasteiger partial charge is 0.426 e. The van der Waals surface area contributed by atoms with Crippen molar-refractivity contribution in [2.75, 3.05) is 0 Å². The fourth-order valence-electron chi connectivity index (χ4n) is 2.89. The van der Waals surface area contributed by atoms with Gasteiger partial charge in [0.1, 0.15) is 11.9 Å². The highest BCUT2D eigenvalue weighted by Gasteiger charge is 2.30. The van der Waals surface area contributed by atoms with E-state index in [1.54, 1.807) is 0 Å². The molecule has 2 rings (SSSR count). The highest BCUT2D eigenvalue weighted by molar-refractivity contribution is 6.43. The first kappa shape index (κ1) is 22.0. The first-order valence-corrected chi connectivity index (χ1v) is 9.28. The molecular formula is C19H27BN4O4. The highest BCUT2D eigenvalue weighted by atomic mass is 16.4. The fourth-order valence-corrected chi connectivity index (χ4v) is 2.89. The van der Waals surface area contributed by atoms with E-state index in [9.17, 15) is 19.9 Å². The third kappa shape index (κ3) is 7.01. The summed E-state index contributed by atoms with van der Waals surface area (Å²) < 4.78 is 0. The number of hydrogen-bond acceptors (Lipinski definition) is 7. The van der Waals surface area contributed by atoms with Crippen molar-refractivity contribution in [3.8, 4) is 0 Å². The zero-order valence-corrected chi connectivity index (χ0v) is 16.1. The largest absolute Gasteiger partial charge is 0.469 e. The standard InChI is InChI=1S/C19H27BN4O4/c1-13(2)10-17(20(27)28)24-18(25)15(11-14-6-4-3-5-7-14)23-19(26)16-12-21-8-9-22-16/h3-9,12-13,15,17-18,24-25,27-28H,10-11H2,1-2H3,(H,23,26)/t15-,17+,18?/m1/s1. The highest BCUT2D eigenvalue weighted by Crippen LogP contribution is 2.10. The maximum atomic E-state index is 12.5. The second kappa shape index (κ2) is 10.9. The summed E-state index contributed by atoms with van der Waals surface area (Å²) in [6.07, 6.45) is 3.81. The van der Waals surface area contributed by atoms with Gasteiger partial charge in [-0.05, 0) is 24.3 Å². The van der Waals surface area contributed by atoms with Crippen molar-refractivity contribution in [1.29, 1.82) is 0 Å².